The first-order valence-corrected chi connectivity index (χ1v) is 9.37. The summed E-state index contributed by atoms with van der Waals surface area (Å²) in [7, 11) is 3.17. The van der Waals surface area contributed by atoms with Gasteiger partial charge < -0.3 is 19.9 Å². The molecule has 0 fully saturated rings. The van der Waals surface area contributed by atoms with Crippen LogP contribution in [0.2, 0.25) is 0 Å². The van der Waals surface area contributed by atoms with Crippen LogP contribution >= 0.6 is 11.8 Å². The van der Waals surface area contributed by atoms with Gasteiger partial charge in [0.2, 0.25) is 5.91 Å². The average Bonchev–Trinajstić information content (AvgIpc) is 3.13. The lowest BCUT2D eigenvalue weighted by Gasteiger charge is -2.14. The number of ether oxygens (including phenoxy) is 3. The lowest BCUT2D eigenvalue weighted by molar-refractivity contribution is -0.115. The fraction of sp³-hybridized carbons (Fsp3) is 0.211. The minimum absolute atomic E-state index is 0.0840. The third-order valence-corrected chi connectivity index (χ3v) is 4.75. The van der Waals surface area contributed by atoms with E-state index in [-0.39, 0.29) is 12.4 Å². The quantitative estimate of drug-likeness (QED) is 0.551. The largest absolute Gasteiger partial charge is 0.495 e. The van der Waals surface area contributed by atoms with E-state index in [1.807, 2.05) is 48.5 Å². The van der Waals surface area contributed by atoms with Crippen LogP contribution in [0, 0.1) is 0 Å². The molecule has 0 radical (unpaired) electrons. The van der Waals surface area contributed by atoms with Crippen LogP contribution in [0.3, 0.4) is 0 Å². The van der Waals surface area contributed by atoms with E-state index < -0.39 is 5.91 Å². The second kappa shape index (κ2) is 9.14. The Morgan fingerprint density at radius 3 is 2.32 bits per heavy atom. The SMILES string of the molecule is COc1ccccc1OCc1nnc(SCC(N)=O)n1-c1ccccc1OC. The first kappa shape index (κ1) is 19.6. The number of methoxy groups -OCH3 is 2. The van der Waals surface area contributed by atoms with Crippen molar-refractivity contribution in [1.29, 1.82) is 0 Å². The summed E-state index contributed by atoms with van der Waals surface area (Å²) < 4.78 is 18.5. The Labute approximate surface area is 166 Å². The number of aromatic nitrogens is 3. The summed E-state index contributed by atoms with van der Waals surface area (Å²) in [5.41, 5.74) is 6.01. The molecule has 0 aliphatic carbocycles. The Morgan fingerprint density at radius 1 is 1.00 bits per heavy atom. The van der Waals surface area contributed by atoms with Crippen molar-refractivity contribution in [3.8, 4) is 22.9 Å². The van der Waals surface area contributed by atoms with Gasteiger partial charge in [-0.2, -0.15) is 0 Å². The van der Waals surface area contributed by atoms with Crippen LogP contribution in [0.4, 0.5) is 0 Å². The molecule has 3 aromatic rings. The van der Waals surface area contributed by atoms with Crippen molar-refractivity contribution in [2.24, 2.45) is 5.73 Å². The number of primary amides is 1. The average molecular weight is 400 g/mol. The van der Waals surface area contributed by atoms with Gasteiger partial charge >= 0.3 is 0 Å². The fourth-order valence-corrected chi connectivity index (χ4v) is 3.26. The molecule has 0 saturated heterocycles. The Balaban J connectivity index is 1.95. The predicted octanol–water partition coefficient (Wildman–Crippen LogP) is 2.44. The van der Waals surface area contributed by atoms with E-state index in [4.69, 9.17) is 19.9 Å². The van der Waals surface area contributed by atoms with E-state index in [1.54, 1.807) is 18.8 Å². The minimum Gasteiger partial charge on any atom is -0.495 e. The summed E-state index contributed by atoms with van der Waals surface area (Å²) in [5, 5.41) is 8.95. The molecule has 0 spiro atoms. The number of rotatable bonds is 9. The highest BCUT2D eigenvalue weighted by Crippen LogP contribution is 2.30. The van der Waals surface area contributed by atoms with Crippen LogP contribution in [0.25, 0.3) is 5.69 Å². The summed E-state index contributed by atoms with van der Waals surface area (Å²) >= 11 is 1.20. The van der Waals surface area contributed by atoms with Crippen LogP contribution in [-0.2, 0) is 11.4 Å². The number of amides is 1. The molecule has 8 nitrogen and oxygen atoms in total. The molecule has 0 aliphatic rings. The number of nitrogens with two attached hydrogens (primary N) is 1. The lowest BCUT2D eigenvalue weighted by Crippen LogP contribution is -2.14. The zero-order valence-corrected chi connectivity index (χ0v) is 16.3. The zero-order chi connectivity index (χ0) is 19.9. The topological polar surface area (TPSA) is 101 Å². The second-order valence-electron chi connectivity index (χ2n) is 5.60. The second-order valence-corrected chi connectivity index (χ2v) is 6.54. The van der Waals surface area contributed by atoms with Crippen molar-refractivity contribution in [1.82, 2.24) is 14.8 Å². The molecule has 0 bridgehead atoms. The van der Waals surface area contributed by atoms with Crippen LogP contribution in [0.1, 0.15) is 5.82 Å². The van der Waals surface area contributed by atoms with E-state index in [0.29, 0.717) is 28.2 Å². The highest BCUT2D eigenvalue weighted by atomic mass is 32.2. The molecule has 0 unspecified atom stereocenters. The highest BCUT2D eigenvalue weighted by Gasteiger charge is 2.19. The van der Waals surface area contributed by atoms with Gasteiger partial charge in [-0.1, -0.05) is 36.0 Å². The van der Waals surface area contributed by atoms with E-state index >= 15 is 0 Å². The number of benzene rings is 2. The Hall–Kier alpha value is -3.20. The molecular weight excluding hydrogens is 380 g/mol. The normalized spacial score (nSPS) is 10.5. The van der Waals surface area contributed by atoms with Gasteiger partial charge in [0, 0.05) is 0 Å². The maximum Gasteiger partial charge on any atom is 0.227 e. The molecule has 9 heteroatoms. The molecule has 2 N–H and O–H groups in total. The Bertz CT molecular complexity index is 961. The van der Waals surface area contributed by atoms with Crippen LogP contribution in [0.15, 0.2) is 53.7 Å². The molecule has 1 heterocycles. The molecule has 1 aromatic heterocycles. The van der Waals surface area contributed by atoms with Gasteiger partial charge in [-0.05, 0) is 24.3 Å². The number of carbonyl (C=O) groups excluding carboxylic acids is 1. The standard InChI is InChI=1S/C19H20N4O4S/c1-25-14-8-4-3-7-13(14)23-18(21-22-19(23)28-12-17(20)24)11-27-16-10-6-5-9-15(16)26-2/h3-10H,11-12H2,1-2H3,(H2,20,24). The Kier molecular flexibility index (Phi) is 6.38. The van der Waals surface area contributed by atoms with Gasteiger partial charge in [0.25, 0.3) is 0 Å². The van der Waals surface area contributed by atoms with E-state index in [9.17, 15) is 4.79 Å². The molecule has 0 saturated carbocycles. The van der Waals surface area contributed by atoms with Crippen LogP contribution in [-0.4, -0.2) is 40.6 Å². The van der Waals surface area contributed by atoms with Crippen LogP contribution in [0.5, 0.6) is 17.2 Å². The molecule has 146 valence electrons. The molecule has 0 atom stereocenters. The summed E-state index contributed by atoms with van der Waals surface area (Å²) in [4.78, 5) is 11.2. The smallest absolute Gasteiger partial charge is 0.227 e. The molecular formula is C19H20N4O4S. The number of nitrogens with zero attached hydrogens (tertiary/aromatic N) is 3. The maximum atomic E-state index is 11.2. The molecule has 28 heavy (non-hydrogen) atoms. The van der Waals surface area contributed by atoms with Crippen molar-refractivity contribution in [2.75, 3.05) is 20.0 Å². The zero-order valence-electron chi connectivity index (χ0n) is 15.5. The molecule has 2 aromatic carbocycles. The monoisotopic (exact) mass is 400 g/mol. The van der Waals surface area contributed by atoms with E-state index in [2.05, 4.69) is 10.2 Å². The van der Waals surface area contributed by atoms with Crippen molar-refractivity contribution in [3.05, 3.63) is 54.4 Å². The van der Waals surface area contributed by atoms with Crippen molar-refractivity contribution < 1.29 is 19.0 Å². The van der Waals surface area contributed by atoms with Gasteiger partial charge in [0.1, 0.15) is 12.4 Å². The lowest BCUT2D eigenvalue weighted by atomic mass is 10.3. The van der Waals surface area contributed by atoms with E-state index in [1.165, 1.54) is 11.8 Å². The van der Waals surface area contributed by atoms with E-state index in [0.717, 1.165) is 5.69 Å². The number of para-hydroxylation sites is 4. The van der Waals surface area contributed by atoms with Crippen molar-refractivity contribution in [2.45, 2.75) is 11.8 Å². The summed E-state index contributed by atoms with van der Waals surface area (Å²) in [6.45, 7) is 0.141. The third kappa shape index (κ3) is 4.37. The summed E-state index contributed by atoms with van der Waals surface area (Å²) in [5.74, 6) is 2.04. The summed E-state index contributed by atoms with van der Waals surface area (Å²) in [6, 6.07) is 14.8. The fourth-order valence-electron chi connectivity index (χ4n) is 2.56. The molecule has 3 rings (SSSR count). The van der Waals surface area contributed by atoms with Gasteiger partial charge in [-0.3, -0.25) is 9.36 Å². The maximum absolute atomic E-state index is 11.2. The molecule has 1 amide bonds. The first-order chi connectivity index (χ1) is 13.6. The van der Waals surface area contributed by atoms with Gasteiger partial charge in [0.05, 0.1) is 25.7 Å². The van der Waals surface area contributed by atoms with Crippen molar-refractivity contribution in [3.63, 3.8) is 0 Å². The highest BCUT2D eigenvalue weighted by molar-refractivity contribution is 7.99. The van der Waals surface area contributed by atoms with Gasteiger partial charge in [-0.15, -0.1) is 10.2 Å². The van der Waals surface area contributed by atoms with Gasteiger partial charge in [0.15, 0.2) is 22.5 Å². The predicted molar refractivity (Wildman–Crippen MR) is 105 cm³/mol. The Morgan fingerprint density at radius 2 is 1.64 bits per heavy atom. The number of hydrogen-bond donors (Lipinski definition) is 1. The minimum atomic E-state index is -0.439. The number of thioether (sulfide) groups is 1. The third-order valence-electron chi connectivity index (χ3n) is 3.80. The summed E-state index contributed by atoms with van der Waals surface area (Å²) in [6.07, 6.45) is 0. The van der Waals surface area contributed by atoms with Gasteiger partial charge in [-0.25, -0.2) is 0 Å². The van der Waals surface area contributed by atoms with Crippen LogP contribution < -0.4 is 19.9 Å². The number of hydrogen-bond acceptors (Lipinski definition) is 7. The molecule has 0 aliphatic heterocycles. The first-order valence-electron chi connectivity index (χ1n) is 8.38. The number of carbonyl (C=O) groups is 1. The van der Waals surface area contributed by atoms with Crippen molar-refractivity contribution >= 4 is 17.7 Å².